The van der Waals surface area contributed by atoms with E-state index in [1.54, 1.807) is 0 Å². The van der Waals surface area contributed by atoms with Crippen molar-refractivity contribution in [2.75, 3.05) is 7.11 Å². The second-order valence-electron chi connectivity index (χ2n) is 5.89. The molecular formula is C14H21NO3. The number of carbonyl (C=O) groups is 2. The molecule has 100 valence electrons. The quantitative estimate of drug-likeness (QED) is 0.702. The summed E-state index contributed by atoms with van der Waals surface area (Å²) in [4.78, 5) is 26.2. The van der Waals surface area contributed by atoms with Gasteiger partial charge in [0.25, 0.3) is 0 Å². The highest BCUT2D eigenvalue weighted by atomic mass is 16.5. The van der Waals surface area contributed by atoms with Gasteiger partial charge in [0.2, 0.25) is 5.91 Å². The molecule has 3 fully saturated rings. The van der Waals surface area contributed by atoms with E-state index in [4.69, 9.17) is 4.74 Å². The van der Waals surface area contributed by atoms with Gasteiger partial charge in [0, 0.05) is 12.0 Å². The molecule has 0 radical (unpaired) electrons. The van der Waals surface area contributed by atoms with E-state index in [0.29, 0.717) is 5.92 Å². The Morgan fingerprint density at radius 2 is 1.89 bits per heavy atom. The maximum absolute atomic E-state index is 12.6. The third-order valence-electron chi connectivity index (χ3n) is 5.08. The molecule has 2 heterocycles. The molecule has 18 heavy (non-hydrogen) atoms. The first kappa shape index (κ1) is 12.0. The fraction of sp³-hybridized carbons (Fsp3) is 0.857. The fourth-order valence-corrected chi connectivity index (χ4v) is 3.83. The van der Waals surface area contributed by atoms with Crippen LogP contribution in [0.4, 0.5) is 0 Å². The van der Waals surface area contributed by atoms with Crippen LogP contribution in [-0.4, -0.2) is 36.0 Å². The summed E-state index contributed by atoms with van der Waals surface area (Å²) in [6, 6.07) is -0.0201. The van der Waals surface area contributed by atoms with Gasteiger partial charge in [0.05, 0.1) is 7.11 Å². The number of methoxy groups -OCH3 is 1. The van der Waals surface area contributed by atoms with Crippen LogP contribution in [0.15, 0.2) is 0 Å². The summed E-state index contributed by atoms with van der Waals surface area (Å²) in [5, 5.41) is 0. The van der Waals surface area contributed by atoms with E-state index in [2.05, 4.69) is 0 Å². The largest absolute Gasteiger partial charge is 0.467 e. The van der Waals surface area contributed by atoms with Crippen molar-refractivity contribution in [3.63, 3.8) is 0 Å². The molecule has 0 aromatic heterocycles. The topological polar surface area (TPSA) is 46.6 Å². The van der Waals surface area contributed by atoms with E-state index >= 15 is 0 Å². The van der Waals surface area contributed by atoms with Crippen LogP contribution in [0, 0.1) is 11.8 Å². The molecule has 4 nitrogen and oxygen atoms in total. The minimum absolute atomic E-state index is 0.181. The molecule has 4 heteroatoms. The van der Waals surface area contributed by atoms with E-state index in [1.807, 2.05) is 4.90 Å². The van der Waals surface area contributed by atoms with Crippen molar-refractivity contribution in [2.24, 2.45) is 11.8 Å². The van der Waals surface area contributed by atoms with Gasteiger partial charge in [-0.3, -0.25) is 4.79 Å². The Morgan fingerprint density at radius 1 is 1.17 bits per heavy atom. The number of hydrogen-bond donors (Lipinski definition) is 0. The van der Waals surface area contributed by atoms with Crippen molar-refractivity contribution < 1.29 is 14.3 Å². The van der Waals surface area contributed by atoms with Crippen LogP contribution in [0.25, 0.3) is 0 Å². The summed E-state index contributed by atoms with van der Waals surface area (Å²) < 4.78 is 4.83. The second kappa shape index (κ2) is 4.56. The maximum atomic E-state index is 12.6. The summed E-state index contributed by atoms with van der Waals surface area (Å²) >= 11 is 0. The number of hydrogen-bond acceptors (Lipinski definition) is 3. The first-order valence-electron chi connectivity index (χ1n) is 7.12. The van der Waals surface area contributed by atoms with E-state index in [1.165, 1.54) is 26.4 Å². The van der Waals surface area contributed by atoms with Crippen LogP contribution in [0.2, 0.25) is 0 Å². The third-order valence-corrected chi connectivity index (χ3v) is 5.08. The Balaban J connectivity index is 1.77. The van der Waals surface area contributed by atoms with Gasteiger partial charge < -0.3 is 9.64 Å². The van der Waals surface area contributed by atoms with Gasteiger partial charge >= 0.3 is 5.97 Å². The average molecular weight is 251 g/mol. The van der Waals surface area contributed by atoms with E-state index < -0.39 is 0 Å². The van der Waals surface area contributed by atoms with Gasteiger partial charge in [0.15, 0.2) is 0 Å². The van der Waals surface area contributed by atoms with Gasteiger partial charge in [-0.05, 0) is 44.4 Å². The number of fused-ring (bicyclic) bond motifs is 1. The molecular weight excluding hydrogens is 230 g/mol. The Bertz CT molecular complexity index is 364. The standard InChI is InChI=1S/C14H21NO3/c1-18-14(17)12-8-6-10-5-7-11(9-3-2-4-9)13(16)15(10)12/h9-12H,2-8H2,1H3/t10-,11+,12-/m0/s1. The van der Waals surface area contributed by atoms with Crippen molar-refractivity contribution >= 4 is 11.9 Å². The lowest BCUT2D eigenvalue weighted by Gasteiger charge is -2.42. The normalized spacial score (nSPS) is 36.2. The number of nitrogens with zero attached hydrogens (tertiary/aromatic N) is 1. The van der Waals surface area contributed by atoms with E-state index in [0.717, 1.165) is 25.7 Å². The minimum atomic E-state index is -0.310. The number of rotatable bonds is 2. The van der Waals surface area contributed by atoms with Gasteiger partial charge in [-0.2, -0.15) is 0 Å². The predicted molar refractivity (Wildman–Crippen MR) is 65.7 cm³/mol. The van der Waals surface area contributed by atoms with Crippen molar-refractivity contribution in [3.05, 3.63) is 0 Å². The number of piperidine rings is 1. The van der Waals surface area contributed by atoms with Gasteiger partial charge in [-0.25, -0.2) is 4.79 Å². The van der Waals surface area contributed by atoms with Crippen molar-refractivity contribution in [2.45, 2.75) is 57.0 Å². The Morgan fingerprint density at radius 3 is 2.50 bits per heavy atom. The molecule has 0 N–H and O–H groups in total. The van der Waals surface area contributed by atoms with E-state index in [-0.39, 0.29) is 29.9 Å². The highest BCUT2D eigenvalue weighted by molar-refractivity contribution is 5.87. The van der Waals surface area contributed by atoms with Crippen molar-refractivity contribution in [1.82, 2.24) is 4.90 Å². The minimum Gasteiger partial charge on any atom is -0.467 e. The highest BCUT2D eigenvalue weighted by Crippen LogP contribution is 2.43. The molecule has 1 aliphatic carbocycles. The SMILES string of the molecule is COC(=O)[C@@H]1CC[C@@H]2CC[C@H](C3CCC3)C(=O)N21. The first-order valence-corrected chi connectivity index (χ1v) is 7.12. The van der Waals surface area contributed by atoms with Crippen molar-refractivity contribution in [3.8, 4) is 0 Å². The molecule has 1 amide bonds. The molecule has 2 aliphatic heterocycles. The molecule has 0 bridgehead atoms. The lowest BCUT2D eigenvalue weighted by Crippen LogP contribution is -2.53. The molecule has 0 spiro atoms. The second-order valence-corrected chi connectivity index (χ2v) is 5.89. The van der Waals surface area contributed by atoms with Gasteiger partial charge in [-0.1, -0.05) is 6.42 Å². The molecule has 0 aromatic carbocycles. The monoisotopic (exact) mass is 251 g/mol. The summed E-state index contributed by atoms with van der Waals surface area (Å²) in [7, 11) is 1.41. The summed E-state index contributed by atoms with van der Waals surface area (Å²) in [5.41, 5.74) is 0. The Kier molecular flexibility index (Phi) is 3.04. The van der Waals surface area contributed by atoms with Gasteiger partial charge in [0.1, 0.15) is 6.04 Å². The van der Waals surface area contributed by atoms with Crippen LogP contribution in [-0.2, 0) is 14.3 Å². The van der Waals surface area contributed by atoms with Crippen LogP contribution < -0.4 is 0 Å². The lowest BCUT2D eigenvalue weighted by atomic mass is 9.71. The lowest BCUT2D eigenvalue weighted by molar-refractivity contribution is -0.157. The van der Waals surface area contributed by atoms with Crippen LogP contribution >= 0.6 is 0 Å². The van der Waals surface area contributed by atoms with Crippen LogP contribution in [0.1, 0.15) is 44.9 Å². The predicted octanol–water partition coefficient (Wildman–Crippen LogP) is 1.73. The fourth-order valence-electron chi connectivity index (χ4n) is 3.83. The summed E-state index contributed by atoms with van der Waals surface area (Å²) in [6.07, 6.45) is 7.48. The van der Waals surface area contributed by atoms with Crippen LogP contribution in [0.5, 0.6) is 0 Å². The summed E-state index contributed by atoms with van der Waals surface area (Å²) in [5.74, 6) is 0.751. The van der Waals surface area contributed by atoms with Crippen LogP contribution in [0.3, 0.4) is 0 Å². The zero-order valence-electron chi connectivity index (χ0n) is 10.9. The number of ether oxygens (including phenoxy) is 1. The number of esters is 1. The Labute approximate surface area is 108 Å². The molecule has 0 aromatic rings. The zero-order valence-corrected chi connectivity index (χ0v) is 10.9. The highest BCUT2D eigenvalue weighted by Gasteiger charge is 2.48. The van der Waals surface area contributed by atoms with E-state index in [9.17, 15) is 9.59 Å². The first-order chi connectivity index (χ1) is 8.72. The number of amides is 1. The molecule has 0 unspecified atom stereocenters. The molecule has 3 rings (SSSR count). The average Bonchev–Trinajstić information content (AvgIpc) is 2.74. The molecule has 3 atom stereocenters. The smallest absolute Gasteiger partial charge is 0.328 e. The number of carbonyl (C=O) groups excluding carboxylic acids is 2. The molecule has 2 saturated heterocycles. The van der Waals surface area contributed by atoms with Crippen molar-refractivity contribution in [1.29, 1.82) is 0 Å². The third kappa shape index (κ3) is 1.73. The molecule has 1 saturated carbocycles. The maximum Gasteiger partial charge on any atom is 0.328 e. The zero-order chi connectivity index (χ0) is 12.7. The summed E-state index contributed by atoms with van der Waals surface area (Å²) in [6.45, 7) is 0. The Hall–Kier alpha value is -1.06. The van der Waals surface area contributed by atoms with Gasteiger partial charge in [-0.15, -0.1) is 0 Å². The molecule has 3 aliphatic rings.